The van der Waals surface area contributed by atoms with Crippen LogP contribution >= 0.6 is 0 Å². The third-order valence-corrected chi connectivity index (χ3v) is 4.49. The zero-order chi connectivity index (χ0) is 18.7. The van der Waals surface area contributed by atoms with Crippen molar-refractivity contribution in [1.29, 1.82) is 0 Å². The van der Waals surface area contributed by atoms with Gasteiger partial charge in [0.05, 0.1) is 13.0 Å². The zero-order valence-electron chi connectivity index (χ0n) is 15.3. The summed E-state index contributed by atoms with van der Waals surface area (Å²) in [6.45, 7) is 5.00. The third kappa shape index (κ3) is 3.87. The number of halogens is 1. The molecule has 3 aromatic rings. The van der Waals surface area contributed by atoms with Crippen molar-refractivity contribution < 1.29 is 13.9 Å². The van der Waals surface area contributed by atoms with E-state index in [9.17, 15) is 9.18 Å². The Morgan fingerprint density at radius 1 is 1.19 bits per heavy atom. The van der Waals surface area contributed by atoms with Gasteiger partial charge in [-0.3, -0.25) is 4.79 Å². The maximum absolute atomic E-state index is 13.6. The average Bonchev–Trinajstić information content (AvgIpc) is 2.92. The SMILES string of the molecule is CCOc1ccc(CN(C)C(=O)Cc2c(C)[nH]c3ccc(F)cc23)cc1. The molecule has 0 aliphatic rings. The van der Waals surface area contributed by atoms with Crippen LogP contribution in [0.1, 0.15) is 23.7 Å². The fourth-order valence-electron chi connectivity index (χ4n) is 3.09. The van der Waals surface area contributed by atoms with Crippen LogP contribution in [0.15, 0.2) is 42.5 Å². The molecule has 0 fully saturated rings. The Morgan fingerprint density at radius 3 is 2.62 bits per heavy atom. The van der Waals surface area contributed by atoms with Gasteiger partial charge in [0.2, 0.25) is 5.91 Å². The van der Waals surface area contributed by atoms with Gasteiger partial charge in [-0.05, 0) is 55.3 Å². The van der Waals surface area contributed by atoms with Crippen LogP contribution in [0.5, 0.6) is 5.75 Å². The summed E-state index contributed by atoms with van der Waals surface area (Å²) in [7, 11) is 1.78. The lowest BCUT2D eigenvalue weighted by atomic mass is 10.1. The number of aromatic amines is 1. The normalized spacial score (nSPS) is 10.9. The molecule has 2 aromatic carbocycles. The molecular formula is C21H23FN2O2. The van der Waals surface area contributed by atoms with E-state index in [0.717, 1.165) is 33.5 Å². The van der Waals surface area contributed by atoms with Gasteiger partial charge < -0.3 is 14.6 Å². The van der Waals surface area contributed by atoms with E-state index in [1.54, 1.807) is 18.0 Å². The highest BCUT2D eigenvalue weighted by molar-refractivity contribution is 5.90. The van der Waals surface area contributed by atoms with Crippen LogP contribution in [0.4, 0.5) is 4.39 Å². The molecule has 0 bridgehead atoms. The smallest absolute Gasteiger partial charge is 0.227 e. The summed E-state index contributed by atoms with van der Waals surface area (Å²) in [5, 5.41) is 0.769. The molecule has 4 nitrogen and oxygen atoms in total. The standard InChI is InChI=1S/C21H23FN2O2/c1-4-26-17-8-5-15(6-9-17)13-24(3)21(25)12-18-14(2)23-20-10-7-16(22)11-19(18)20/h5-11,23H,4,12-13H2,1-3H3. The Morgan fingerprint density at radius 2 is 1.92 bits per heavy atom. The molecule has 0 unspecified atom stereocenters. The topological polar surface area (TPSA) is 45.3 Å². The number of aromatic nitrogens is 1. The van der Waals surface area contributed by atoms with Crippen molar-refractivity contribution in [2.45, 2.75) is 26.8 Å². The Kier molecular flexibility index (Phi) is 5.26. The van der Waals surface area contributed by atoms with Gasteiger partial charge in [0, 0.05) is 30.2 Å². The summed E-state index contributed by atoms with van der Waals surface area (Å²) in [6.07, 6.45) is 0.239. The third-order valence-electron chi connectivity index (χ3n) is 4.49. The number of carbonyl (C=O) groups excluding carboxylic acids is 1. The Labute approximate surface area is 152 Å². The highest BCUT2D eigenvalue weighted by atomic mass is 19.1. The van der Waals surface area contributed by atoms with Crippen LogP contribution in [0.2, 0.25) is 0 Å². The first-order chi connectivity index (χ1) is 12.5. The number of benzene rings is 2. The van der Waals surface area contributed by atoms with Crippen molar-refractivity contribution in [2.75, 3.05) is 13.7 Å². The average molecular weight is 354 g/mol. The molecule has 136 valence electrons. The Balaban J connectivity index is 1.71. The van der Waals surface area contributed by atoms with E-state index in [-0.39, 0.29) is 18.1 Å². The summed E-state index contributed by atoms with van der Waals surface area (Å²) in [6, 6.07) is 12.3. The number of fused-ring (bicyclic) bond motifs is 1. The number of H-pyrrole nitrogens is 1. The van der Waals surface area contributed by atoms with Crippen molar-refractivity contribution in [1.82, 2.24) is 9.88 Å². The van der Waals surface area contributed by atoms with E-state index in [0.29, 0.717) is 13.2 Å². The molecule has 3 rings (SSSR count). The van der Waals surface area contributed by atoms with Gasteiger partial charge >= 0.3 is 0 Å². The van der Waals surface area contributed by atoms with Gasteiger partial charge in [-0.2, -0.15) is 0 Å². The van der Waals surface area contributed by atoms with E-state index >= 15 is 0 Å². The van der Waals surface area contributed by atoms with Gasteiger partial charge in [-0.15, -0.1) is 0 Å². The molecule has 0 aliphatic carbocycles. The van der Waals surface area contributed by atoms with Crippen molar-refractivity contribution in [3.8, 4) is 5.75 Å². The van der Waals surface area contributed by atoms with Crippen LogP contribution in [-0.2, 0) is 17.8 Å². The van der Waals surface area contributed by atoms with Crippen molar-refractivity contribution in [2.24, 2.45) is 0 Å². The molecule has 0 radical (unpaired) electrons. The molecular weight excluding hydrogens is 331 g/mol. The van der Waals surface area contributed by atoms with E-state index in [4.69, 9.17) is 4.74 Å². The largest absolute Gasteiger partial charge is 0.494 e. The number of aryl methyl sites for hydroxylation is 1. The van der Waals surface area contributed by atoms with Crippen LogP contribution in [-0.4, -0.2) is 29.4 Å². The summed E-state index contributed by atoms with van der Waals surface area (Å²) >= 11 is 0. The summed E-state index contributed by atoms with van der Waals surface area (Å²) in [4.78, 5) is 17.6. The molecule has 0 aliphatic heterocycles. The van der Waals surface area contributed by atoms with E-state index in [1.165, 1.54) is 12.1 Å². The van der Waals surface area contributed by atoms with Gasteiger partial charge in [-0.25, -0.2) is 4.39 Å². The minimum atomic E-state index is -0.298. The molecule has 0 saturated carbocycles. The molecule has 1 amide bonds. The second kappa shape index (κ2) is 7.60. The number of amides is 1. The van der Waals surface area contributed by atoms with Crippen molar-refractivity contribution in [3.05, 3.63) is 65.1 Å². The molecule has 0 saturated heterocycles. The lowest BCUT2D eigenvalue weighted by Crippen LogP contribution is -2.27. The highest BCUT2D eigenvalue weighted by Gasteiger charge is 2.16. The first-order valence-corrected chi connectivity index (χ1v) is 8.70. The van der Waals surface area contributed by atoms with E-state index in [1.807, 2.05) is 38.1 Å². The fraction of sp³-hybridized carbons (Fsp3) is 0.286. The summed E-state index contributed by atoms with van der Waals surface area (Å²) < 4.78 is 19.0. The number of nitrogens with one attached hydrogen (secondary N) is 1. The summed E-state index contributed by atoms with van der Waals surface area (Å²) in [5.41, 5.74) is 3.63. The highest BCUT2D eigenvalue weighted by Crippen LogP contribution is 2.24. The van der Waals surface area contributed by atoms with Crippen molar-refractivity contribution in [3.63, 3.8) is 0 Å². The first-order valence-electron chi connectivity index (χ1n) is 8.70. The fourth-order valence-corrected chi connectivity index (χ4v) is 3.09. The maximum atomic E-state index is 13.6. The van der Waals surface area contributed by atoms with Gasteiger partial charge in [0.1, 0.15) is 11.6 Å². The molecule has 1 heterocycles. The number of carbonyl (C=O) groups is 1. The van der Waals surface area contributed by atoms with Crippen LogP contribution in [0.25, 0.3) is 10.9 Å². The van der Waals surface area contributed by atoms with Crippen LogP contribution in [0.3, 0.4) is 0 Å². The van der Waals surface area contributed by atoms with Crippen LogP contribution in [0, 0.1) is 12.7 Å². The second-order valence-electron chi connectivity index (χ2n) is 6.42. The minimum Gasteiger partial charge on any atom is -0.494 e. The number of nitrogens with zero attached hydrogens (tertiary/aromatic N) is 1. The lowest BCUT2D eigenvalue weighted by molar-refractivity contribution is -0.129. The zero-order valence-corrected chi connectivity index (χ0v) is 15.3. The maximum Gasteiger partial charge on any atom is 0.227 e. The Bertz CT molecular complexity index is 916. The van der Waals surface area contributed by atoms with Crippen LogP contribution < -0.4 is 4.74 Å². The monoisotopic (exact) mass is 354 g/mol. The first kappa shape index (κ1) is 18.0. The second-order valence-corrected chi connectivity index (χ2v) is 6.42. The number of hydrogen-bond donors (Lipinski definition) is 1. The predicted octanol–water partition coefficient (Wildman–Crippen LogP) is 4.22. The summed E-state index contributed by atoms with van der Waals surface area (Å²) in [5.74, 6) is 0.516. The quantitative estimate of drug-likeness (QED) is 0.720. The predicted molar refractivity (Wildman–Crippen MR) is 101 cm³/mol. The Hall–Kier alpha value is -2.82. The molecule has 0 atom stereocenters. The number of rotatable bonds is 6. The van der Waals surface area contributed by atoms with Gasteiger partial charge in [-0.1, -0.05) is 12.1 Å². The molecule has 26 heavy (non-hydrogen) atoms. The van der Waals surface area contributed by atoms with E-state index < -0.39 is 0 Å². The lowest BCUT2D eigenvalue weighted by Gasteiger charge is -2.18. The van der Waals surface area contributed by atoms with Gasteiger partial charge in [0.25, 0.3) is 0 Å². The molecule has 0 spiro atoms. The number of likely N-dealkylation sites (N-methyl/N-ethyl adjacent to an activating group) is 1. The number of ether oxygens (including phenoxy) is 1. The van der Waals surface area contributed by atoms with Gasteiger partial charge in [0.15, 0.2) is 0 Å². The molecule has 1 aromatic heterocycles. The molecule has 5 heteroatoms. The van der Waals surface area contributed by atoms with Crippen molar-refractivity contribution >= 4 is 16.8 Å². The van der Waals surface area contributed by atoms with E-state index in [2.05, 4.69) is 4.98 Å². The number of hydrogen-bond acceptors (Lipinski definition) is 2. The minimum absolute atomic E-state index is 0.00727. The molecule has 1 N–H and O–H groups in total.